The summed E-state index contributed by atoms with van der Waals surface area (Å²) >= 11 is 0. The Morgan fingerprint density at radius 1 is 0.493 bits per heavy atom. The molecule has 25 heteroatoms. The second-order valence-corrected chi connectivity index (χ2v) is 20.9. The van der Waals surface area contributed by atoms with E-state index in [-0.39, 0.29) is 44.3 Å². The summed E-state index contributed by atoms with van der Waals surface area (Å²) in [7, 11) is -20.8. The molecule has 0 amide bonds. The highest BCUT2D eigenvalue weighted by atomic mass is 32.2. The lowest BCUT2D eigenvalue weighted by Gasteiger charge is -2.38. The summed E-state index contributed by atoms with van der Waals surface area (Å²) in [4.78, 5) is 4.35. The molecule has 368 valence electrons. The Morgan fingerprint density at radius 3 is 1.13 bits per heavy atom. The van der Waals surface area contributed by atoms with E-state index in [1.165, 1.54) is 93.0 Å². The molecule has 2 heterocycles. The van der Waals surface area contributed by atoms with Crippen molar-refractivity contribution in [3.05, 3.63) is 96.3 Å². The lowest BCUT2D eigenvalue weighted by molar-refractivity contribution is -0.928. The van der Waals surface area contributed by atoms with Crippen LogP contribution in [0.25, 0.3) is 34.0 Å². The summed E-state index contributed by atoms with van der Waals surface area (Å²) in [5.41, 5.74) is -2.94. The standard InChI is InChI=1S/C32H22N6O14S4.C12H28N/c39-31-23(15-27(55(47,48)49)21-3-1-11-33-29(21)31)37-35-19-9-7-17(25(13-19)53(41,42)43)5-6-18-8-10-20(14-26(18)54(44,45)46)36-38-24-16-28(56(50,51)52)22-4-2-12-34-30(22)32(24)40;1-5-9-13(10-6-2,11-7-3)12-8-4/h1-16,39-40H,(H,41,42,43)(H,44,45,46)(H,47,48,49)(H,50,51,52);5-12H2,1-4H3/q;+1/p-4/b6-5+,37-35?,38-36?;. The van der Waals surface area contributed by atoms with Gasteiger partial charge in [-0.1, -0.05) is 52.0 Å². The SMILES string of the molecule is CCC[N+](CCC)(CCC)CCC.O=S(=O)([O-])c1cc(N=Nc2cc(S(=O)(=O)[O-])c3cccnc3c2O)ccc1/C=C/c1ccc(N=Nc2cc(S(=O)(=O)[O-])c3cccnc3c2O)cc1S(=O)(=O)[O-]. The molecule has 21 nitrogen and oxygen atoms in total. The average molecular weight is 1030 g/mol. The van der Waals surface area contributed by atoms with Crippen molar-refractivity contribution in [1.82, 2.24) is 9.97 Å². The quantitative estimate of drug-likeness (QED) is 0.0354. The summed E-state index contributed by atoms with van der Waals surface area (Å²) in [5, 5.41) is 35.7. The predicted octanol–water partition coefficient (Wildman–Crippen LogP) is 8.26. The van der Waals surface area contributed by atoms with Gasteiger partial charge in [0.25, 0.3) is 0 Å². The molecule has 6 aromatic rings. The fourth-order valence-electron chi connectivity index (χ4n) is 7.78. The number of phenolic OH excluding ortho intramolecular Hbond substituents is 2. The molecule has 0 bridgehead atoms. The van der Waals surface area contributed by atoms with Crippen LogP contribution in [0.3, 0.4) is 0 Å². The minimum Gasteiger partial charge on any atom is -0.744 e. The molecule has 6 rings (SSSR count). The number of fused-ring (bicyclic) bond motifs is 2. The molecule has 0 unspecified atom stereocenters. The summed E-state index contributed by atoms with van der Waals surface area (Å²) in [6.45, 7) is 14.8. The smallest absolute Gasteiger partial charge is 0.169 e. The highest BCUT2D eigenvalue weighted by Crippen LogP contribution is 2.40. The van der Waals surface area contributed by atoms with Gasteiger partial charge in [-0.2, -0.15) is 10.2 Å². The van der Waals surface area contributed by atoms with Crippen LogP contribution < -0.4 is 0 Å². The topological polar surface area (TPSA) is 344 Å². The van der Waals surface area contributed by atoms with Crippen molar-refractivity contribution < 1.29 is 66.6 Å². The monoisotopic (exact) mass is 1020 g/mol. The number of quaternary nitrogens is 1. The zero-order valence-electron chi connectivity index (χ0n) is 37.5. The zero-order chi connectivity index (χ0) is 51.0. The van der Waals surface area contributed by atoms with Gasteiger partial charge in [0.05, 0.1) is 57.1 Å². The van der Waals surface area contributed by atoms with Gasteiger partial charge in [-0.25, -0.2) is 33.7 Å². The minimum absolute atomic E-state index is 0.198. The molecule has 0 fully saturated rings. The number of pyridine rings is 2. The lowest BCUT2D eigenvalue weighted by atomic mass is 10.1. The van der Waals surface area contributed by atoms with Gasteiger partial charge in [0, 0.05) is 23.2 Å². The third-order valence-electron chi connectivity index (χ3n) is 10.5. The molecule has 0 saturated heterocycles. The molecule has 0 radical (unpaired) electrons. The van der Waals surface area contributed by atoms with Gasteiger partial charge >= 0.3 is 0 Å². The van der Waals surface area contributed by atoms with E-state index in [1.807, 2.05) is 0 Å². The van der Waals surface area contributed by atoms with E-state index >= 15 is 0 Å². The van der Waals surface area contributed by atoms with Crippen molar-refractivity contribution in [2.24, 2.45) is 20.5 Å². The summed E-state index contributed by atoms with van der Waals surface area (Å²) in [6, 6.07) is 12.4. The fourth-order valence-corrected chi connectivity index (χ4v) is 10.5. The fraction of sp³-hybridized carbons (Fsp3) is 0.273. The Kier molecular flexibility index (Phi) is 17.2. The molecular formula is C44H46N7O14S4-3. The molecule has 0 atom stereocenters. The Hall–Kier alpha value is -6.16. The Labute approximate surface area is 399 Å². The van der Waals surface area contributed by atoms with Crippen LogP contribution in [0.2, 0.25) is 0 Å². The zero-order valence-corrected chi connectivity index (χ0v) is 40.7. The van der Waals surface area contributed by atoms with Gasteiger partial charge in [-0.15, -0.1) is 10.2 Å². The van der Waals surface area contributed by atoms with Crippen molar-refractivity contribution in [1.29, 1.82) is 0 Å². The van der Waals surface area contributed by atoms with E-state index in [2.05, 4.69) is 58.1 Å². The van der Waals surface area contributed by atoms with Crippen LogP contribution >= 0.6 is 0 Å². The minimum atomic E-state index is -5.29. The van der Waals surface area contributed by atoms with Gasteiger partial charge in [-0.05, 0) is 97.5 Å². The highest BCUT2D eigenvalue weighted by molar-refractivity contribution is 7.86. The first kappa shape index (κ1) is 53.8. The van der Waals surface area contributed by atoms with Crippen LogP contribution in [0.15, 0.2) is 125 Å². The van der Waals surface area contributed by atoms with Crippen LogP contribution in [0.4, 0.5) is 22.7 Å². The number of azo groups is 2. The number of rotatable bonds is 18. The molecule has 2 N–H and O–H groups in total. The van der Waals surface area contributed by atoms with Crippen LogP contribution in [-0.2, 0) is 40.5 Å². The number of hydrogen-bond acceptors (Lipinski definition) is 20. The van der Waals surface area contributed by atoms with Gasteiger partial charge in [-0.3, -0.25) is 9.97 Å². The van der Waals surface area contributed by atoms with Crippen LogP contribution in [0, 0.1) is 0 Å². The molecule has 69 heavy (non-hydrogen) atoms. The first-order chi connectivity index (χ1) is 32.4. The normalized spacial score (nSPS) is 12.9. The van der Waals surface area contributed by atoms with Crippen molar-refractivity contribution in [3.63, 3.8) is 0 Å². The summed E-state index contributed by atoms with van der Waals surface area (Å²) < 4.78 is 146. The second-order valence-electron chi connectivity index (χ2n) is 15.5. The number of aromatic nitrogens is 2. The molecule has 0 saturated carbocycles. The van der Waals surface area contributed by atoms with Crippen molar-refractivity contribution in [3.8, 4) is 11.5 Å². The molecule has 0 aliphatic heterocycles. The molecular weight excluding hydrogens is 979 g/mol. The van der Waals surface area contributed by atoms with Crippen LogP contribution in [0.1, 0.15) is 64.5 Å². The van der Waals surface area contributed by atoms with Crippen molar-refractivity contribution >= 4 is 97.2 Å². The van der Waals surface area contributed by atoms with Gasteiger partial charge in [0.2, 0.25) is 0 Å². The summed E-state index contributed by atoms with van der Waals surface area (Å²) in [5.74, 6) is -1.34. The van der Waals surface area contributed by atoms with Crippen LogP contribution in [0.5, 0.6) is 11.5 Å². The summed E-state index contributed by atoms with van der Waals surface area (Å²) in [6.07, 6.45) is 9.71. The molecule has 2 aromatic heterocycles. The maximum atomic E-state index is 12.2. The maximum Gasteiger partial charge on any atom is 0.169 e. The van der Waals surface area contributed by atoms with Crippen LogP contribution in [-0.4, -0.2) is 103 Å². The second kappa shape index (κ2) is 22.1. The van der Waals surface area contributed by atoms with E-state index in [4.69, 9.17) is 0 Å². The first-order valence-electron chi connectivity index (χ1n) is 21.1. The van der Waals surface area contributed by atoms with Crippen molar-refractivity contribution in [2.75, 3.05) is 26.2 Å². The molecule has 0 spiro atoms. The van der Waals surface area contributed by atoms with Gasteiger partial charge < -0.3 is 32.9 Å². The molecule has 0 aliphatic rings. The van der Waals surface area contributed by atoms with Gasteiger partial charge in [0.15, 0.2) is 11.5 Å². The predicted molar refractivity (Wildman–Crippen MR) is 250 cm³/mol. The van der Waals surface area contributed by atoms with E-state index in [0.29, 0.717) is 0 Å². The third-order valence-corrected chi connectivity index (χ3v) is 14.0. The lowest BCUT2D eigenvalue weighted by Crippen LogP contribution is -2.50. The Morgan fingerprint density at radius 2 is 0.826 bits per heavy atom. The number of nitrogens with zero attached hydrogens (tertiary/aromatic N) is 7. The van der Waals surface area contributed by atoms with E-state index in [9.17, 15) is 62.1 Å². The highest BCUT2D eigenvalue weighted by Gasteiger charge is 2.23. The van der Waals surface area contributed by atoms with E-state index in [1.54, 1.807) is 0 Å². The van der Waals surface area contributed by atoms with E-state index < -0.39 is 82.9 Å². The molecule has 4 aromatic carbocycles. The van der Waals surface area contributed by atoms with E-state index in [0.717, 1.165) is 60.7 Å². The largest absolute Gasteiger partial charge is 0.744 e. The average Bonchev–Trinajstić information content (AvgIpc) is 3.27. The number of aromatic hydroxyl groups is 2. The number of benzene rings is 4. The Bertz CT molecular complexity index is 3200. The number of hydrogen-bond donors (Lipinski definition) is 2. The Balaban J connectivity index is 0.000000597. The maximum absolute atomic E-state index is 12.2. The molecule has 0 aliphatic carbocycles. The number of phenols is 2. The first-order valence-corrected chi connectivity index (χ1v) is 26.7. The van der Waals surface area contributed by atoms with Crippen molar-refractivity contribution in [2.45, 2.75) is 73.0 Å². The van der Waals surface area contributed by atoms with Gasteiger partial charge in [0.1, 0.15) is 62.9 Å². The third kappa shape index (κ3) is 13.3.